The van der Waals surface area contributed by atoms with Crippen LogP contribution in [-0.4, -0.2) is 34.0 Å². The van der Waals surface area contributed by atoms with Crippen LogP contribution in [0.2, 0.25) is 0 Å². The monoisotopic (exact) mass is 399 g/mol. The Morgan fingerprint density at radius 1 is 1.07 bits per heavy atom. The van der Waals surface area contributed by atoms with Crippen LogP contribution in [0.5, 0.6) is 0 Å². The highest BCUT2D eigenvalue weighted by Crippen LogP contribution is 2.33. The van der Waals surface area contributed by atoms with Gasteiger partial charge in [0.15, 0.2) is 0 Å². The van der Waals surface area contributed by atoms with Gasteiger partial charge in [0.05, 0.1) is 11.4 Å². The molecule has 0 bridgehead atoms. The van der Waals surface area contributed by atoms with Crippen molar-refractivity contribution in [3.8, 4) is 0 Å². The quantitative estimate of drug-likeness (QED) is 0.858. The largest absolute Gasteiger partial charge is 0.362 e. The molecule has 2 N–H and O–H groups in total. The van der Waals surface area contributed by atoms with Crippen molar-refractivity contribution in [2.75, 3.05) is 29.4 Å². The fourth-order valence-electron chi connectivity index (χ4n) is 4.38. The summed E-state index contributed by atoms with van der Waals surface area (Å²) in [6, 6.07) is 9.12. The van der Waals surface area contributed by atoms with Gasteiger partial charge >= 0.3 is 0 Å². The molecule has 148 valence electrons. The van der Waals surface area contributed by atoms with E-state index < -0.39 is 10.0 Å². The summed E-state index contributed by atoms with van der Waals surface area (Å²) in [5.41, 5.74) is 6.64. The minimum absolute atomic E-state index is 0.0362. The Morgan fingerprint density at radius 2 is 1.86 bits per heavy atom. The molecule has 2 aliphatic rings. The van der Waals surface area contributed by atoms with Crippen LogP contribution < -0.4 is 14.9 Å². The van der Waals surface area contributed by atoms with Crippen LogP contribution in [0, 0.1) is 13.8 Å². The average molecular weight is 400 g/mol. The van der Waals surface area contributed by atoms with Gasteiger partial charge in [-0.25, -0.2) is 13.6 Å². The number of rotatable bonds is 3. The number of fused-ring (bicyclic) bond motifs is 2. The molecule has 0 aromatic heterocycles. The first kappa shape index (κ1) is 19.0. The lowest BCUT2D eigenvalue weighted by atomic mass is 9.95. The van der Waals surface area contributed by atoms with Gasteiger partial charge in [-0.15, -0.1) is 0 Å². The molecule has 0 saturated heterocycles. The topological polar surface area (TPSA) is 83.7 Å². The lowest BCUT2D eigenvalue weighted by Gasteiger charge is -2.33. The summed E-state index contributed by atoms with van der Waals surface area (Å²) in [6.07, 6.45) is 2.73. The molecule has 0 aliphatic carbocycles. The molecule has 0 fully saturated rings. The number of benzene rings is 2. The second-order valence-corrected chi connectivity index (χ2v) is 9.30. The Hall–Kier alpha value is -2.38. The highest BCUT2D eigenvalue weighted by Gasteiger charge is 2.28. The number of nitrogens with two attached hydrogens (primary N) is 1. The second kappa shape index (κ2) is 6.90. The van der Waals surface area contributed by atoms with Crippen LogP contribution in [0.25, 0.3) is 0 Å². The zero-order valence-corrected chi connectivity index (χ0v) is 17.1. The molecule has 4 rings (SSSR count). The minimum atomic E-state index is -3.74. The van der Waals surface area contributed by atoms with E-state index in [4.69, 9.17) is 5.14 Å². The fourth-order valence-corrected chi connectivity index (χ4v) is 4.94. The molecule has 0 atom stereocenters. The van der Waals surface area contributed by atoms with Gasteiger partial charge < -0.3 is 9.80 Å². The third-order valence-electron chi connectivity index (χ3n) is 5.69. The van der Waals surface area contributed by atoms with Crippen molar-refractivity contribution < 1.29 is 13.2 Å². The van der Waals surface area contributed by atoms with Crippen molar-refractivity contribution in [1.82, 2.24) is 0 Å². The first-order chi connectivity index (χ1) is 13.2. The second-order valence-electron chi connectivity index (χ2n) is 7.74. The molecule has 0 spiro atoms. The number of carbonyl (C=O) groups is 1. The molecule has 2 aromatic carbocycles. The number of aryl methyl sites for hydroxylation is 2. The normalized spacial score (nSPS) is 16.1. The van der Waals surface area contributed by atoms with Crippen LogP contribution >= 0.6 is 0 Å². The molecule has 2 aromatic rings. The first-order valence-electron chi connectivity index (χ1n) is 9.55. The molecule has 0 saturated carbocycles. The van der Waals surface area contributed by atoms with Crippen LogP contribution in [-0.2, 0) is 27.7 Å². The predicted molar refractivity (Wildman–Crippen MR) is 110 cm³/mol. The molecule has 2 aliphatic heterocycles. The molecule has 6 nitrogen and oxygen atoms in total. The summed E-state index contributed by atoms with van der Waals surface area (Å²) in [4.78, 5) is 17.1. The number of nitrogens with zero attached hydrogens (tertiary/aromatic N) is 2. The molecular formula is C21H25N3O3S. The van der Waals surface area contributed by atoms with Crippen molar-refractivity contribution >= 4 is 27.3 Å². The highest BCUT2D eigenvalue weighted by molar-refractivity contribution is 7.89. The number of amides is 1. The van der Waals surface area contributed by atoms with Gasteiger partial charge in [0.2, 0.25) is 15.9 Å². The van der Waals surface area contributed by atoms with E-state index in [-0.39, 0.29) is 10.8 Å². The molecule has 1 amide bonds. The van der Waals surface area contributed by atoms with Crippen LogP contribution in [0.3, 0.4) is 0 Å². The standard InChI is InChI=1S/C21H25N3O3S/c1-14-10-15(2)18-4-3-8-23(20(18)11-14)13-21(25)24-9-7-16-12-17(28(22,26)27)5-6-19(16)24/h5-6,10-12H,3-4,7-9,13H2,1-2H3,(H2,22,26,27). The zero-order valence-electron chi connectivity index (χ0n) is 16.2. The Kier molecular flexibility index (Phi) is 4.67. The van der Waals surface area contributed by atoms with Crippen LogP contribution in [0.15, 0.2) is 35.2 Å². The lowest BCUT2D eigenvalue weighted by Crippen LogP contribution is -2.42. The molecule has 0 radical (unpaired) electrons. The third kappa shape index (κ3) is 3.40. The van der Waals surface area contributed by atoms with Crippen LogP contribution in [0.4, 0.5) is 11.4 Å². The SMILES string of the molecule is Cc1cc(C)c2c(c1)N(CC(=O)N1CCc3cc(S(N)(=O)=O)ccc31)CCC2. The van der Waals surface area contributed by atoms with Crippen molar-refractivity contribution in [3.63, 3.8) is 0 Å². The van der Waals surface area contributed by atoms with E-state index in [1.54, 1.807) is 17.0 Å². The van der Waals surface area contributed by atoms with E-state index >= 15 is 0 Å². The van der Waals surface area contributed by atoms with E-state index in [0.717, 1.165) is 30.6 Å². The predicted octanol–water partition coefficient (Wildman–Crippen LogP) is 2.29. The third-order valence-corrected chi connectivity index (χ3v) is 6.60. The van der Waals surface area contributed by atoms with Crippen molar-refractivity contribution in [3.05, 3.63) is 52.6 Å². The van der Waals surface area contributed by atoms with E-state index in [2.05, 4.69) is 30.9 Å². The molecule has 7 heteroatoms. The molecular weight excluding hydrogens is 374 g/mol. The molecule has 28 heavy (non-hydrogen) atoms. The van der Waals surface area contributed by atoms with E-state index in [9.17, 15) is 13.2 Å². The fraction of sp³-hybridized carbons (Fsp3) is 0.381. The van der Waals surface area contributed by atoms with Gasteiger partial charge in [0.25, 0.3) is 0 Å². The maximum atomic E-state index is 13.1. The first-order valence-corrected chi connectivity index (χ1v) is 11.1. The van der Waals surface area contributed by atoms with E-state index in [1.807, 2.05) is 0 Å². The maximum Gasteiger partial charge on any atom is 0.246 e. The summed E-state index contributed by atoms with van der Waals surface area (Å²) < 4.78 is 23.1. The van der Waals surface area contributed by atoms with Gasteiger partial charge in [0.1, 0.15) is 0 Å². The van der Waals surface area contributed by atoms with Gasteiger partial charge in [-0.1, -0.05) is 6.07 Å². The van der Waals surface area contributed by atoms with Crippen molar-refractivity contribution in [2.24, 2.45) is 5.14 Å². The Balaban J connectivity index is 1.58. The van der Waals surface area contributed by atoms with Crippen molar-refractivity contribution in [2.45, 2.75) is 38.0 Å². The zero-order chi connectivity index (χ0) is 20.1. The van der Waals surface area contributed by atoms with E-state index in [1.165, 1.54) is 28.4 Å². The van der Waals surface area contributed by atoms with E-state index in [0.29, 0.717) is 19.5 Å². The number of sulfonamides is 1. The van der Waals surface area contributed by atoms with Gasteiger partial charge in [0, 0.05) is 24.5 Å². The number of hydrogen-bond acceptors (Lipinski definition) is 4. The smallest absolute Gasteiger partial charge is 0.246 e. The van der Waals surface area contributed by atoms with Crippen LogP contribution in [0.1, 0.15) is 28.7 Å². The lowest BCUT2D eigenvalue weighted by molar-refractivity contribution is -0.117. The Morgan fingerprint density at radius 3 is 2.61 bits per heavy atom. The van der Waals surface area contributed by atoms with Gasteiger partial charge in [-0.3, -0.25) is 4.79 Å². The maximum absolute atomic E-state index is 13.1. The summed E-state index contributed by atoms with van der Waals surface area (Å²) in [7, 11) is -3.74. The van der Waals surface area contributed by atoms with Gasteiger partial charge in [-0.2, -0.15) is 0 Å². The number of primary sulfonamides is 1. The van der Waals surface area contributed by atoms with Gasteiger partial charge in [-0.05, 0) is 79.6 Å². The summed E-state index contributed by atoms with van der Waals surface area (Å²) in [5, 5.41) is 5.22. The summed E-state index contributed by atoms with van der Waals surface area (Å²) in [6.45, 7) is 5.98. The summed E-state index contributed by atoms with van der Waals surface area (Å²) >= 11 is 0. The highest BCUT2D eigenvalue weighted by atomic mass is 32.2. The van der Waals surface area contributed by atoms with Crippen molar-refractivity contribution in [1.29, 1.82) is 0 Å². The number of carbonyl (C=O) groups excluding carboxylic acids is 1. The Labute approximate surface area is 166 Å². The Bertz CT molecular complexity index is 1060. The minimum Gasteiger partial charge on any atom is -0.362 e. The average Bonchev–Trinajstić information content (AvgIpc) is 3.05. The number of anilines is 2. The molecule has 2 heterocycles. The molecule has 0 unspecified atom stereocenters. The number of hydrogen-bond donors (Lipinski definition) is 1. The summed E-state index contributed by atoms with van der Waals surface area (Å²) in [5.74, 6) is 0.0362.